The van der Waals surface area contributed by atoms with E-state index in [4.69, 9.17) is 8.85 Å². The minimum absolute atomic E-state index is 0.0667. The first-order valence-electron chi connectivity index (χ1n) is 23.4. The van der Waals surface area contributed by atoms with Crippen LogP contribution >= 0.6 is 7.26 Å². The number of hydrogen-bond donors (Lipinski definition) is 0. The summed E-state index contributed by atoms with van der Waals surface area (Å²) in [6, 6.07) is 77.9. The van der Waals surface area contributed by atoms with Crippen LogP contribution in [0.3, 0.4) is 0 Å². The molecule has 2 nitrogen and oxygen atoms in total. The van der Waals surface area contributed by atoms with E-state index in [1.165, 1.54) is 36.7 Å². The van der Waals surface area contributed by atoms with Gasteiger partial charge in [0.2, 0.25) is 0 Å². The van der Waals surface area contributed by atoms with Gasteiger partial charge in [0.15, 0.2) is 0 Å². The normalized spacial score (nSPS) is 13.8. The molecule has 0 N–H and O–H groups in total. The van der Waals surface area contributed by atoms with Crippen LogP contribution in [0.25, 0.3) is 0 Å². The van der Waals surface area contributed by atoms with Gasteiger partial charge in [-0.1, -0.05) is 249 Å². The van der Waals surface area contributed by atoms with Gasteiger partial charge in [0, 0.05) is 0 Å². The van der Waals surface area contributed by atoms with Crippen LogP contribution in [0.15, 0.2) is 237 Å². The molecule has 0 aliphatic rings. The van der Waals surface area contributed by atoms with E-state index in [0.717, 1.165) is 19.0 Å². The molecule has 0 aromatic heterocycles. The van der Waals surface area contributed by atoms with Crippen LogP contribution in [0.2, 0.25) is 10.1 Å². The maximum Gasteiger partial charge on any atom is 0.261 e. The first kappa shape index (κ1) is 47.8. The third-order valence-corrected chi connectivity index (χ3v) is 27.6. The predicted octanol–water partition coefficient (Wildman–Crippen LogP) is 11.8. The number of hydrogen-bond acceptors (Lipinski definition) is 2. The third kappa shape index (κ3) is 10.3. The Labute approximate surface area is 393 Å². The molecule has 5 heteroatoms. The van der Waals surface area contributed by atoms with Gasteiger partial charge in [-0.3, -0.25) is 0 Å². The summed E-state index contributed by atoms with van der Waals surface area (Å²) < 4.78 is 15.8. The van der Waals surface area contributed by atoms with Crippen molar-refractivity contribution in [2.75, 3.05) is 6.16 Å². The van der Waals surface area contributed by atoms with Crippen LogP contribution in [-0.2, 0) is 8.85 Å². The highest BCUT2D eigenvalue weighted by molar-refractivity contribution is 7.95. The molecule has 0 heterocycles. The van der Waals surface area contributed by atoms with Crippen molar-refractivity contribution >= 4 is 60.6 Å². The summed E-state index contributed by atoms with van der Waals surface area (Å²) in [6.45, 7) is 16.5. The summed E-state index contributed by atoms with van der Waals surface area (Å²) in [4.78, 5) is 0. The van der Waals surface area contributed by atoms with Crippen molar-refractivity contribution in [1.29, 1.82) is 0 Å². The molecule has 0 saturated heterocycles. The van der Waals surface area contributed by atoms with E-state index < -0.39 is 23.9 Å². The zero-order valence-electron chi connectivity index (χ0n) is 39.6. The Balaban J connectivity index is 1.33. The zero-order valence-corrected chi connectivity index (χ0v) is 42.5. The summed E-state index contributed by atoms with van der Waals surface area (Å²) in [5.41, 5.74) is 0. The highest BCUT2D eigenvalue weighted by Crippen LogP contribution is 2.57. The fourth-order valence-corrected chi connectivity index (χ4v) is 23.8. The average molecular weight is 908 g/mol. The van der Waals surface area contributed by atoms with E-state index >= 15 is 0 Å². The lowest BCUT2D eigenvalue weighted by Crippen LogP contribution is -2.68. The highest BCUT2D eigenvalue weighted by atomic mass is 31.2. The number of allylic oxidation sites excluding steroid dienone is 2. The first-order chi connectivity index (χ1) is 31.5. The molecule has 0 unspecified atom stereocenters. The van der Waals surface area contributed by atoms with Gasteiger partial charge in [-0.15, -0.1) is 0 Å². The van der Waals surface area contributed by atoms with Crippen LogP contribution in [0.5, 0.6) is 0 Å². The van der Waals surface area contributed by atoms with Crippen molar-refractivity contribution < 1.29 is 8.85 Å². The summed E-state index contributed by atoms with van der Waals surface area (Å²) >= 11 is 0. The maximum atomic E-state index is 8.22. The molecule has 0 aliphatic carbocycles. The minimum atomic E-state index is -2.97. The van der Waals surface area contributed by atoms with E-state index in [9.17, 15) is 0 Å². The Morgan fingerprint density at radius 2 is 0.738 bits per heavy atom. The molecule has 7 aromatic rings. The summed E-state index contributed by atoms with van der Waals surface area (Å²) in [5, 5.41) is 8.99. The van der Waals surface area contributed by atoms with Crippen molar-refractivity contribution in [3.05, 3.63) is 237 Å². The monoisotopic (exact) mass is 907 g/mol. The van der Waals surface area contributed by atoms with Gasteiger partial charge in [-0.25, -0.2) is 0 Å². The molecule has 7 aromatic carbocycles. The lowest BCUT2D eigenvalue weighted by Gasteiger charge is -2.45. The van der Waals surface area contributed by atoms with Gasteiger partial charge < -0.3 is 8.85 Å². The minimum Gasteiger partial charge on any atom is -0.401 e. The van der Waals surface area contributed by atoms with Gasteiger partial charge in [-0.2, -0.15) is 0 Å². The Kier molecular flexibility index (Phi) is 15.7. The Hall–Kier alpha value is -5.20. The molecule has 0 fully saturated rings. The Morgan fingerprint density at radius 1 is 0.431 bits per heavy atom. The Bertz CT molecular complexity index is 2360. The molecule has 0 spiro atoms. The van der Waals surface area contributed by atoms with E-state index in [-0.39, 0.29) is 22.3 Å². The second-order valence-corrected chi connectivity index (χ2v) is 31.2. The smallest absolute Gasteiger partial charge is 0.261 e. The Morgan fingerprint density at radius 3 is 1.05 bits per heavy atom. The van der Waals surface area contributed by atoms with Gasteiger partial charge in [0.1, 0.15) is 23.2 Å². The third-order valence-electron chi connectivity index (χ3n) is 12.9. The predicted molar refractivity (Wildman–Crippen MR) is 288 cm³/mol. The molecular formula is C60H68O2PSi2+. The summed E-state index contributed by atoms with van der Waals surface area (Å²) in [5.74, 6) is 0. The molecule has 0 saturated carbocycles. The maximum absolute atomic E-state index is 8.22. The SMILES string of the molecule is CC[C@H](/C=C/C=C\C[C@H](C[P+](c1ccccc1)(c1ccccc1)c1ccccc1)O[Si](c1ccccc1)(c1ccccc1)C(C)(C)C)O[Si](c1ccccc1)(c1ccccc1)C(C)(C)C. The zero-order chi connectivity index (χ0) is 45.8. The van der Waals surface area contributed by atoms with Crippen LogP contribution in [-0.4, -0.2) is 35.0 Å². The quantitative estimate of drug-likeness (QED) is 0.0485. The second kappa shape index (κ2) is 21.4. The molecule has 65 heavy (non-hydrogen) atoms. The standard InChI is InChI=1S/C60H68O2PSi2/c1-8-50(61-64(59(2,3)4,55-41-25-13-26-42-55)56-43-27-14-28-44-56)33-17-9-18-34-51(62-65(60(5,6)7,57-45-29-15-30-46-57)58-47-31-16-32-48-58)49-63(52-35-19-10-20-36-52,53-37-21-11-22-38-53)54-39-23-12-24-40-54/h9-33,35-48,50-51H,8,34,49H2,1-7H3/q+1/b18-9-,33-17+/t50-,51-/m1/s1. The molecular weight excluding hydrogens is 840 g/mol. The molecule has 2 atom stereocenters. The van der Waals surface area contributed by atoms with E-state index in [1.54, 1.807) is 0 Å². The van der Waals surface area contributed by atoms with Crippen molar-refractivity contribution in [2.24, 2.45) is 0 Å². The molecule has 0 bridgehead atoms. The lowest BCUT2D eigenvalue weighted by molar-refractivity contribution is 0.213. The molecule has 7 rings (SSSR count). The van der Waals surface area contributed by atoms with Gasteiger partial charge in [0.25, 0.3) is 16.6 Å². The molecule has 0 radical (unpaired) electrons. The van der Waals surface area contributed by atoms with Crippen LogP contribution in [0.1, 0.15) is 61.3 Å². The van der Waals surface area contributed by atoms with E-state index in [1.807, 2.05) is 0 Å². The summed E-state index contributed by atoms with van der Waals surface area (Å²) in [7, 11) is -7.98. The highest BCUT2D eigenvalue weighted by Gasteiger charge is 2.55. The van der Waals surface area contributed by atoms with Crippen molar-refractivity contribution in [3.8, 4) is 0 Å². The van der Waals surface area contributed by atoms with Crippen molar-refractivity contribution in [1.82, 2.24) is 0 Å². The number of rotatable bonds is 18. The number of benzene rings is 7. The van der Waals surface area contributed by atoms with Gasteiger partial charge in [0.05, 0.1) is 18.4 Å². The summed E-state index contributed by atoms with van der Waals surface area (Å²) in [6.07, 6.45) is 11.4. The van der Waals surface area contributed by atoms with E-state index in [0.29, 0.717) is 0 Å². The van der Waals surface area contributed by atoms with Gasteiger partial charge in [-0.05, 0) is 80.1 Å². The molecule has 332 valence electrons. The first-order valence-corrected chi connectivity index (χ1v) is 29.2. The van der Waals surface area contributed by atoms with E-state index in [2.05, 4.69) is 285 Å². The van der Waals surface area contributed by atoms with Crippen LogP contribution in [0.4, 0.5) is 0 Å². The van der Waals surface area contributed by atoms with Gasteiger partial charge >= 0.3 is 0 Å². The van der Waals surface area contributed by atoms with Crippen LogP contribution < -0.4 is 36.7 Å². The second-order valence-electron chi connectivity index (χ2n) is 19.2. The average Bonchev–Trinajstić information content (AvgIpc) is 3.34. The molecule has 0 aliphatic heterocycles. The fraction of sp³-hybridized carbons (Fsp3) is 0.233. The largest absolute Gasteiger partial charge is 0.401 e. The fourth-order valence-electron chi connectivity index (χ4n) is 9.89. The van der Waals surface area contributed by atoms with Crippen molar-refractivity contribution in [2.45, 2.75) is 83.6 Å². The molecule has 0 amide bonds. The lowest BCUT2D eigenvalue weighted by atomic mass is 10.2. The van der Waals surface area contributed by atoms with Crippen LogP contribution in [0, 0.1) is 0 Å². The van der Waals surface area contributed by atoms with Crippen molar-refractivity contribution in [3.63, 3.8) is 0 Å². The topological polar surface area (TPSA) is 18.5 Å².